The van der Waals surface area contributed by atoms with Crippen molar-refractivity contribution < 1.29 is 14.2 Å². The van der Waals surface area contributed by atoms with Crippen molar-refractivity contribution >= 4 is 16.7 Å². The molecule has 0 amide bonds. The van der Waals surface area contributed by atoms with Crippen LogP contribution in [0.2, 0.25) is 0 Å². The van der Waals surface area contributed by atoms with E-state index >= 15 is 0 Å². The summed E-state index contributed by atoms with van der Waals surface area (Å²) in [4.78, 5) is 22.9. The van der Waals surface area contributed by atoms with Crippen LogP contribution in [0.25, 0.3) is 10.8 Å². The minimum Gasteiger partial charge on any atom is -0.379 e. The smallest absolute Gasteiger partial charge is 0.272 e. The molecule has 3 N–H and O–H groups in total. The molecule has 2 aliphatic rings. The van der Waals surface area contributed by atoms with E-state index in [4.69, 9.17) is 4.74 Å². The Morgan fingerprint density at radius 2 is 2.08 bits per heavy atom. The van der Waals surface area contributed by atoms with E-state index in [0.717, 1.165) is 35.2 Å². The molecule has 2 aliphatic heterocycles. The van der Waals surface area contributed by atoms with Crippen molar-refractivity contribution in [1.29, 1.82) is 0 Å². The number of aliphatic hydroxyl groups is 1. The minimum atomic E-state index is -1.15. The lowest BCUT2D eigenvalue weighted by Crippen LogP contribution is -2.24. The Kier molecular flexibility index (Phi) is 5.92. The van der Waals surface area contributed by atoms with Gasteiger partial charge in [-0.2, -0.15) is 5.10 Å². The number of aromatic nitrogens is 4. The van der Waals surface area contributed by atoms with E-state index in [1.165, 1.54) is 6.07 Å². The molecule has 4 heterocycles. The molecule has 0 saturated carbocycles. The predicted molar refractivity (Wildman–Crippen MR) is 131 cm³/mol. The van der Waals surface area contributed by atoms with Gasteiger partial charge in [-0.15, -0.1) is 0 Å². The van der Waals surface area contributed by atoms with Crippen LogP contribution in [0, 0.1) is 5.82 Å². The summed E-state index contributed by atoms with van der Waals surface area (Å²) >= 11 is 0. The summed E-state index contributed by atoms with van der Waals surface area (Å²) < 4.78 is 20.2. The number of H-pyrrole nitrogens is 1. The Bertz CT molecular complexity index is 1490. The van der Waals surface area contributed by atoms with Crippen LogP contribution in [0.4, 0.5) is 10.3 Å². The van der Waals surface area contributed by atoms with Gasteiger partial charge in [-0.1, -0.05) is 24.3 Å². The monoisotopic (exact) mass is 488 g/mol. The molecule has 9 nitrogen and oxygen atoms in total. The largest absolute Gasteiger partial charge is 0.379 e. The molecule has 0 radical (unpaired) electrons. The number of hydrogen-bond donors (Lipinski definition) is 3. The second kappa shape index (κ2) is 9.38. The van der Waals surface area contributed by atoms with Crippen LogP contribution in [0.15, 0.2) is 53.5 Å². The first-order chi connectivity index (χ1) is 17.5. The standard InChI is InChI=1S/C26H25FN6O3/c27-21-6-5-15(10-22-18-3-1-2-4-19(18)24(34)32-31-22)9-20(21)25(35)33-12-16-11-28-26(30-23(16)13-33)29-17-7-8-36-14-17/h1-6,9,11,17,25,35H,7-8,10,12-14H2,(H,32,34)(H,28,29,30). The minimum absolute atomic E-state index is 0.184. The zero-order valence-corrected chi connectivity index (χ0v) is 19.4. The van der Waals surface area contributed by atoms with Gasteiger partial charge in [-0.05, 0) is 30.2 Å². The van der Waals surface area contributed by atoms with E-state index in [0.29, 0.717) is 43.1 Å². The molecule has 1 fully saturated rings. The van der Waals surface area contributed by atoms with E-state index in [1.807, 2.05) is 12.1 Å². The van der Waals surface area contributed by atoms with Crippen molar-refractivity contribution in [2.45, 2.75) is 38.2 Å². The molecule has 2 unspecified atom stereocenters. The summed E-state index contributed by atoms with van der Waals surface area (Å²) in [6, 6.07) is 12.1. The number of anilines is 1. The number of hydrogen-bond acceptors (Lipinski definition) is 8. The normalized spacial score (nSPS) is 18.4. The molecule has 1 saturated heterocycles. The van der Waals surface area contributed by atoms with E-state index in [-0.39, 0.29) is 17.2 Å². The zero-order valence-electron chi connectivity index (χ0n) is 19.4. The Morgan fingerprint density at radius 3 is 2.92 bits per heavy atom. The molecular weight excluding hydrogens is 463 g/mol. The molecule has 184 valence electrons. The van der Waals surface area contributed by atoms with Gasteiger partial charge in [-0.25, -0.2) is 19.5 Å². The van der Waals surface area contributed by atoms with Crippen LogP contribution >= 0.6 is 0 Å². The molecule has 10 heteroatoms. The topological polar surface area (TPSA) is 116 Å². The second-order valence-corrected chi connectivity index (χ2v) is 9.23. The highest BCUT2D eigenvalue weighted by Crippen LogP contribution is 2.31. The summed E-state index contributed by atoms with van der Waals surface area (Å²) in [5.41, 5.74) is 3.10. The maximum Gasteiger partial charge on any atom is 0.272 e. The van der Waals surface area contributed by atoms with Crippen molar-refractivity contribution in [1.82, 2.24) is 25.1 Å². The molecule has 6 rings (SSSR count). The molecular formula is C26H25FN6O3. The van der Waals surface area contributed by atoms with E-state index in [2.05, 4.69) is 25.5 Å². The highest BCUT2D eigenvalue weighted by molar-refractivity contribution is 5.83. The van der Waals surface area contributed by atoms with Gasteiger partial charge in [0.1, 0.15) is 12.0 Å². The van der Waals surface area contributed by atoms with Crippen LogP contribution in [0.5, 0.6) is 0 Å². The van der Waals surface area contributed by atoms with Gasteiger partial charge in [0.2, 0.25) is 5.95 Å². The number of ether oxygens (including phenoxy) is 1. The zero-order chi connectivity index (χ0) is 24.6. The first-order valence-corrected chi connectivity index (χ1v) is 11.9. The first kappa shape index (κ1) is 22.7. The summed E-state index contributed by atoms with van der Waals surface area (Å²) in [5, 5.41) is 22.4. The average molecular weight is 489 g/mol. The fourth-order valence-electron chi connectivity index (χ4n) is 4.85. The van der Waals surface area contributed by atoms with Crippen LogP contribution in [0.1, 0.15) is 40.7 Å². The third kappa shape index (κ3) is 4.34. The molecule has 2 aromatic heterocycles. The van der Waals surface area contributed by atoms with Gasteiger partial charge in [0, 0.05) is 48.8 Å². The fraction of sp³-hybridized carbons (Fsp3) is 0.308. The lowest BCUT2D eigenvalue weighted by Gasteiger charge is -2.23. The highest BCUT2D eigenvalue weighted by atomic mass is 19.1. The maximum atomic E-state index is 14.8. The molecule has 2 atom stereocenters. The molecule has 36 heavy (non-hydrogen) atoms. The number of halogens is 1. The third-order valence-electron chi connectivity index (χ3n) is 6.77. The van der Waals surface area contributed by atoms with E-state index in [9.17, 15) is 14.3 Å². The van der Waals surface area contributed by atoms with Crippen LogP contribution in [-0.2, 0) is 24.2 Å². The summed E-state index contributed by atoms with van der Waals surface area (Å²) in [7, 11) is 0. The number of nitrogens with zero attached hydrogens (tertiary/aromatic N) is 4. The van der Waals surface area contributed by atoms with E-state index < -0.39 is 12.0 Å². The Morgan fingerprint density at radius 1 is 1.22 bits per heavy atom. The second-order valence-electron chi connectivity index (χ2n) is 9.23. The Labute approximate surface area is 206 Å². The number of aromatic amines is 1. The summed E-state index contributed by atoms with van der Waals surface area (Å²) in [5.74, 6) is 0.0468. The molecule has 0 bridgehead atoms. The Hall–Kier alpha value is -3.73. The molecule has 2 aromatic carbocycles. The number of nitrogens with one attached hydrogen (secondary N) is 2. The molecule has 0 spiro atoms. The lowest BCUT2D eigenvalue weighted by molar-refractivity contribution is -0.00471. The number of rotatable bonds is 6. The molecule has 0 aliphatic carbocycles. The third-order valence-corrected chi connectivity index (χ3v) is 6.77. The van der Waals surface area contributed by atoms with Crippen molar-refractivity contribution in [2.24, 2.45) is 0 Å². The first-order valence-electron chi connectivity index (χ1n) is 11.9. The quantitative estimate of drug-likeness (QED) is 0.379. The van der Waals surface area contributed by atoms with Crippen LogP contribution in [-0.4, -0.2) is 49.4 Å². The van der Waals surface area contributed by atoms with Crippen LogP contribution in [0.3, 0.4) is 0 Å². The number of aliphatic hydroxyl groups excluding tert-OH is 1. The highest BCUT2D eigenvalue weighted by Gasteiger charge is 2.29. The summed E-state index contributed by atoms with van der Waals surface area (Å²) in [6.45, 7) is 2.15. The summed E-state index contributed by atoms with van der Waals surface area (Å²) in [6.07, 6.45) is 1.89. The SMILES string of the molecule is O=c1[nH]nc(Cc2ccc(F)c(C(O)N3Cc4cnc(NC5CCOC5)nc4C3)c2)c2ccccc12. The van der Waals surface area contributed by atoms with Gasteiger partial charge in [0.15, 0.2) is 0 Å². The molecule has 4 aromatic rings. The number of benzene rings is 2. The number of fused-ring (bicyclic) bond motifs is 2. The van der Waals surface area contributed by atoms with Crippen molar-refractivity contribution in [3.63, 3.8) is 0 Å². The van der Waals surface area contributed by atoms with Gasteiger partial charge in [0.05, 0.1) is 29.4 Å². The lowest BCUT2D eigenvalue weighted by atomic mass is 10.0. The maximum absolute atomic E-state index is 14.8. The average Bonchev–Trinajstić information content (AvgIpc) is 3.56. The van der Waals surface area contributed by atoms with Gasteiger partial charge in [0.25, 0.3) is 5.56 Å². The fourth-order valence-corrected chi connectivity index (χ4v) is 4.85. The predicted octanol–water partition coefficient (Wildman–Crippen LogP) is 2.65. The van der Waals surface area contributed by atoms with Gasteiger partial charge < -0.3 is 15.2 Å². The van der Waals surface area contributed by atoms with Gasteiger partial charge >= 0.3 is 0 Å². The van der Waals surface area contributed by atoms with Gasteiger partial charge in [-0.3, -0.25) is 9.69 Å². The van der Waals surface area contributed by atoms with Crippen LogP contribution < -0.4 is 10.9 Å². The van der Waals surface area contributed by atoms with Crippen molar-refractivity contribution in [3.05, 3.63) is 92.9 Å². The van der Waals surface area contributed by atoms with Crippen molar-refractivity contribution in [2.75, 3.05) is 18.5 Å². The Balaban J connectivity index is 1.21. The van der Waals surface area contributed by atoms with Crippen molar-refractivity contribution in [3.8, 4) is 0 Å². The van der Waals surface area contributed by atoms with E-state index in [1.54, 1.807) is 35.4 Å².